The Labute approximate surface area is 89.0 Å². The Bertz CT molecular complexity index is 285. The van der Waals surface area contributed by atoms with Crippen LogP contribution in [0.1, 0.15) is 12.0 Å². The Kier molecular flexibility index (Phi) is 7.90. The second-order valence-corrected chi connectivity index (χ2v) is 2.52. The van der Waals surface area contributed by atoms with Crippen molar-refractivity contribution in [3.63, 3.8) is 0 Å². The summed E-state index contributed by atoms with van der Waals surface area (Å²) < 4.78 is 4.80. The maximum absolute atomic E-state index is 10.8. The van der Waals surface area contributed by atoms with Crippen LogP contribution in [0.5, 0.6) is 0 Å². The van der Waals surface area contributed by atoms with Gasteiger partial charge in [0.2, 0.25) is 0 Å². The van der Waals surface area contributed by atoms with Gasteiger partial charge in [-0.05, 0) is 12.6 Å². The maximum Gasteiger partial charge on any atom is 0.313 e. The van der Waals surface area contributed by atoms with Crippen molar-refractivity contribution in [1.29, 1.82) is 0 Å². The van der Waals surface area contributed by atoms with E-state index in [0.717, 1.165) is 5.56 Å². The summed E-state index contributed by atoms with van der Waals surface area (Å²) in [6.45, 7) is 0.230. The molecule has 4 heteroatoms. The molecule has 0 fully saturated rings. The highest BCUT2D eigenvalue weighted by molar-refractivity contribution is 5.83. The van der Waals surface area contributed by atoms with Gasteiger partial charge < -0.3 is 15.3 Å². The number of nitrogens with two attached hydrogens (primary N) is 1. The molecule has 0 saturated carbocycles. The van der Waals surface area contributed by atoms with Gasteiger partial charge in [0.15, 0.2) is 0 Å². The van der Waals surface area contributed by atoms with Crippen LogP contribution in [0, 0.1) is 0 Å². The van der Waals surface area contributed by atoms with E-state index in [4.69, 9.17) is 4.74 Å². The zero-order valence-electron chi connectivity index (χ0n) is 8.68. The average molecular weight is 209 g/mol. The number of hydrogen-bond donors (Lipinski definition) is 1. The molecule has 1 aromatic rings. The van der Waals surface area contributed by atoms with Gasteiger partial charge in [0.1, 0.15) is 19.3 Å². The molecular weight excluding hydrogens is 194 g/mol. The van der Waals surface area contributed by atoms with Gasteiger partial charge in [-0.2, -0.15) is 0 Å². The molecule has 82 valence electrons. The Balaban J connectivity index is 0.000000921. The summed E-state index contributed by atoms with van der Waals surface area (Å²) >= 11 is 0. The molecule has 0 aliphatic heterocycles. The first-order chi connectivity index (χ1) is 7.33. The van der Waals surface area contributed by atoms with Crippen molar-refractivity contribution in [3.8, 4) is 0 Å². The number of carbonyl (C=O) groups excluding carboxylic acids is 2. The molecule has 1 rings (SSSR count). The van der Waals surface area contributed by atoms with Crippen molar-refractivity contribution >= 4 is 12.3 Å². The number of esters is 1. The van der Waals surface area contributed by atoms with Crippen LogP contribution in [0.15, 0.2) is 30.3 Å². The van der Waals surface area contributed by atoms with Gasteiger partial charge in [-0.1, -0.05) is 30.3 Å². The Morgan fingerprint density at radius 2 is 1.93 bits per heavy atom. The molecule has 0 amide bonds. The first-order valence-corrected chi connectivity index (χ1v) is 4.54. The number of carbonyl (C=O) groups is 2. The summed E-state index contributed by atoms with van der Waals surface area (Å²) in [7, 11) is 1.50. The van der Waals surface area contributed by atoms with E-state index in [1.165, 1.54) is 7.05 Å². The van der Waals surface area contributed by atoms with E-state index >= 15 is 0 Å². The van der Waals surface area contributed by atoms with Crippen LogP contribution in [0.4, 0.5) is 0 Å². The normalized spacial score (nSPS) is 8.40. The molecule has 0 unspecified atom stereocenters. The van der Waals surface area contributed by atoms with Crippen LogP contribution >= 0.6 is 0 Å². The molecule has 0 spiro atoms. The highest BCUT2D eigenvalue weighted by Gasteiger charge is 2.00. The van der Waals surface area contributed by atoms with Crippen LogP contribution in [0.2, 0.25) is 0 Å². The molecule has 2 N–H and O–H groups in total. The number of rotatable bonds is 4. The summed E-state index contributed by atoms with van der Waals surface area (Å²) in [5, 5.41) is 0. The van der Waals surface area contributed by atoms with E-state index in [9.17, 15) is 9.59 Å². The molecule has 1 aromatic carbocycles. The van der Waals surface area contributed by atoms with E-state index in [0.29, 0.717) is 6.29 Å². The van der Waals surface area contributed by atoms with Crippen LogP contribution < -0.4 is 5.73 Å². The molecular formula is C11H15NO3. The van der Waals surface area contributed by atoms with Crippen LogP contribution in [-0.2, 0) is 20.9 Å². The minimum Gasteiger partial charge on any atom is -0.460 e. The van der Waals surface area contributed by atoms with E-state index in [1.54, 1.807) is 0 Å². The highest BCUT2D eigenvalue weighted by atomic mass is 16.5. The molecule has 0 aliphatic carbocycles. The second kappa shape index (κ2) is 8.90. The van der Waals surface area contributed by atoms with E-state index in [2.05, 4.69) is 5.73 Å². The predicted molar refractivity (Wildman–Crippen MR) is 57.0 cm³/mol. The van der Waals surface area contributed by atoms with Crippen molar-refractivity contribution in [2.75, 3.05) is 7.05 Å². The summed E-state index contributed by atoms with van der Waals surface area (Å²) in [5.41, 5.74) is 5.42. The van der Waals surface area contributed by atoms with E-state index in [-0.39, 0.29) is 13.0 Å². The second-order valence-electron chi connectivity index (χ2n) is 2.52. The predicted octanol–water partition coefficient (Wildman–Crippen LogP) is 0.894. The fourth-order valence-electron chi connectivity index (χ4n) is 0.865. The smallest absolute Gasteiger partial charge is 0.313 e. The van der Waals surface area contributed by atoms with Gasteiger partial charge in [-0.15, -0.1) is 0 Å². The fourth-order valence-corrected chi connectivity index (χ4v) is 0.865. The number of aldehydes is 1. The fraction of sp³-hybridized carbons (Fsp3) is 0.273. The minimum atomic E-state index is -0.487. The van der Waals surface area contributed by atoms with E-state index in [1.807, 2.05) is 30.3 Å². The third-order valence-electron chi connectivity index (χ3n) is 1.49. The van der Waals surface area contributed by atoms with E-state index < -0.39 is 5.97 Å². The molecule has 0 atom stereocenters. The zero-order valence-corrected chi connectivity index (χ0v) is 8.68. The lowest BCUT2D eigenvalue weighted by molar-refractivity contribution is -0.145. The van der Waals surface area contributed by atoms with Gasteiger partial charge in [-0.25, -0.2) is 0 Å². The third-order valence-corrected chi connectivity index (χ3v) is 1.49. The van der Waals surface area contributed by atoms with Crippen LogP contribution in [0.25, 0.3) is 0 Å². The SMILES string of the molecule is CN.O=CCC(=O)OCc1ccccc1. The maximum atomic E-state index is 10.8. The number of ether oxygens (including phenoxy) is 1. The lowest BCUT2D eigenvalue weighted by atomic mass is 10.2. The first kappa shape index (κ1) is 13.3. The van der Waals surface area contributed by atoms with Crippen molar-refractivity contribution in [1.82, 2.24) is 0 Å². The van der Waals surface area contributed by atoms with Gasteiger partial charge >= 0.3 is 5.97 Å². The Hall–Kier alpha value is -1.68. The van der Waals surface area contributed by atoms with Gasteiger partial charge in [0.05, 0.1) is 0 Å². The number of hydrogen-bond acceptors (Lipinski definition) is 4. The minimum absolute atomic E-state index is 0.174. The highest BCUT2D eigenvalue weighted by Crippen LogP contribution is 2.00. The molecule has 0 radical (unpaired) electrons. The molecule has 0 bridgehead atoms. The summed E-state index contributed by atoms with van der Waals surface area (Å²) in [6.07, 6.45) is 0.361. The van der Waals surface area contributed by atoms with Crippen LogP contribution in [-0.4, -0.2) is 19.3 Å². The molecule has 15 heavy (non-hydrogen) atoms. The largest absolute Gasteiger partial charge is 0.460 e. The molecule has 4 nitrogen and oxygen atoms in total. The van der Waals surface area contributed by atoms with Gasteiger partial charge in [0, 0.05) is 0 Å². The monoisotopic (exact) mass is 209 g/mol. The summed E-state index contributed by atoms with van der Waals surface area (Å²) in [5.74, 6) is -0.487. The Morgan fingerprint density at radius 1 is 1.33 bits per heavy atom. The Morgan fingerprint density at radius 3 is 2.47 bits per heavy atom. The zero-order chi connectivity index (χ0) is 11.5. The quantitative estimate of drug-likeness (QED) is 0.454. The summed E-state index contributed by atoms with van der Waals surface area (Å²) in [4.78, 5) is 20.7. The topological polar surface area (TPSA) is 69.4 Å². The lowest BCUT2D eigenvalue weighted by Crippen LogP contribution is -2.04. The van der Waals surface area contributed by atoms with Gasteiger partial charge in [-0.3, -0.25) is 4.79 Å². The first-order valence-electron chi connectivity index (χ1n) is 4.54. The lowest BCUT2D eigenvalue weighted by Gasteiger charge is -2.01. The van der Waals surface area contributed by atoms with Crippen molar-refractivity contribution < 1.29 is 14.3 Å². The van der Waals surface area contributed by atoms with Crippen molar-refractivity contribution in [2.24, 2.45) is 5.73 Å². The van der Waals surface area contributed by atoms with Crippen molar-refractivity contribution in [3.05, 3.63) is 35.9 Å². The summed E-state index contributed by atoms with van der Waals surface area (Å²) in [6, 6.07) is 9.32. The molecule has 0 aliphatic rings. The average Bonchev–Trinajstić information content (AvgIpc) is 2.31. The number of benzene rings is 1. The van der Waals surface area contributed by atoms with Gasteiger partial charge in [0.25, 0.3) is 0 Å². The van der Waals surface area contributed by atoms with Crippen LogP contribution in [0.3, 0.4) is 0 Å². The molecule has 0 aromatic heterocycles. The molecule has 0 heterocycles. The molecule has 0 saturated heterocycles. The third kappa shape index (κ3) is 6.40. The van der Waals surface area contributed by atoms with Crippen molar-refractivity contribution in [2.45, 2.75) is 13.0 Å². The standard InChI is InChI=1S/C10H10O3.CH5N/c11-7-6-10(12)13-8-9-4-2-1-3-5-9;1-2/h1-5,7H,6,8H2;2H2,1H3.